The standard InChI is InChI=1S/C20H21N5O3/c1-2-28-20(27)25-10-8-24(9-11-25)19(26)23-17-12-14-5-7-21-13-16(14)18-15(17)4-3-6-22-18/h3-7,12-13H,2,8-11H2,1H3,(H,23,26). The van der Waals surface area contributed by atoms with Gasteiger partial charge >= 0.3 is 12.1 Å². The highest BCUT2D eigenvalue weighted by molar-refractivity contribution is 6.13. The molecule has 1 aromatic carbocycles. The third-order valence-electron chi connectivity index (χ3n) is 4.84. The van der Waals surface area contributed by atoms with E-state index >= 15 is 0 Å². The number of fused-ring (bicyclic) bond motifs is 3. The van der Waals surface area contributed by atoms with Crippen LogP contribution in [0, 0.1) is 0 Å². The number of carbonyl (C=O) groups excluding carboxylic acids is 2. The van der Waals surface area contributed by atoms with Gasteiger partial charge in [-0.15, -0.1) is 0 Å². The molecule has 0 radical (unpaired) electrons. The Hall–Kier alpha value is -3.42. The average Bonchev–Trinajstić information content (AvgIpc) is 2.74. The van der Waals surface area contributed by atoms with Crippen molar-refractivity contribution in [3.8, 4) is 0 Å². The van der Waals surface area contributed by atoms with Gasteiger partial charge in [0.25, 0.3) is 0 Å². The second-order valence-electron chi connectivity index (χ2n) is 6.52. The Balaban J connectivity index is 1.53. The molecule has 3 heterocycles. The van der Waals surface area contributed by atoms with Crippen LogP contribution in [0.25, 0.3) is 21.7 Å². The molecule has 3 aromatic rings. The molecule has 0 bridgehead atoms. The Labute approximate surface area is 162 Å². The van der Waals surface area contributed by atoms with Crippen LogP contribution < -0.4 is 5.32 Å². The molecule has 1 saturated heterocycles. The van der Waals surface area contributed by atoms with Crippen LogP contribution in [0.3, 0.4) is 0 Å². The van der Waals surface area contributed by atoms with Crippen molar-refractivity contribution in [2.75, 3.05) is 38.1 Å². The summed E-state index contributed by atoms with van der Waals surface area (Å²) in [4.78, 5) is 36.6. The van der Waals surface area contributed by atoms with Gasteiger partial charge in [0.05, 0.1) is 17.8 Å². The van der Waals surface area contributed by atoms with Crippen LogP contribution in [0.4, 0.5) is 15.3 Å². The van der Waals surface area contributed by atoms with Gasteiger partial charge in [0, 0.05) is 55.5 Å². The fourth-order valence-corrected chi connectivity index (χ4v) is 3.40. The number of ether oxygens (including phenoxy) is 1. The zero-order chi connectivity index (χ0) is 19.5. The molecule has 3 amide bonds. The molecular formula is C20H21N5O3. The molecule has 1 aliphatic rings. The Bertz CT molecular complexity index is 1030. The second-order valence-corrected chi connectivity index (χ2v) is 6.52. The van der Waals surface area contributed by atoms with E-state index < -0.39 is 0 Å². The third kappa shape index (κ3) is 3.40. The predicted octanol–water partition coefficient (Wildman–Crippen LogP) is 3.09. The summed E-state index contributed by atoms with van der Waals surface area (Å²) in [5.41, 5.74) is 1.51. The minimum absolute atomic E-state index is 0.193. The molecule has 1 N–H and O–H groups in total. The monoisotopic (exact) mass is 379 g/mol. The topological polar surface area (TPSA) is 87.7 Å². The minimum atomic E-state index is -0.331. The molecule has 8 nitrogen and oxygen atoms in total. The number of hydrogen-bond acceptors (Lipinski definition) is 5. The lowest BCUT2D eigenvalue weighted by atomic mass is 10.1. The summed E-state index contributed by atoms with van der Waals surface area (Å²) in [5, 5.41) is 5.78. The van der Waals surface area contributed by atoms with Crippen molar-refractivity contribution in [1.82, 2.24) is 19.8 Å². The lowest BCUT2D eigenvalue weighted by Crippen LogP contribution is -2.51. The van der Waals surface area contributed by atoms with Crippen LogP contribution in [-0.4, -0.2) is 64.7 Å². The van der Waals surface area contributed by atoms with Gasteiger partial charge in [0.1, 0.15) is 0 Å². The lowest BCUT2D eigenvalue weighted by molar-refractivity contribution is 0.0869. The number of anilines is 1. The van der Waals surface area contributed by atoms with Crippen LogP contribution in [0.5, 0.6) is 0 Å². The quantitative estimate of drug-likeness (QED) is 0.692. The van der Waals surface area contributed by atoms with E-state index in [-0.39, 0.29) is 12.1 Å². The van der Waals surface area contributed by atoms with Crippen molar-refractivity contribution in [2.24, 2.45) is 0 Å². The fraction of sp³-hybridized carbons (Fsp3) is 0.300. The molecule has 0 unspecified atom stereocenters. The van der Waals surface area contributed by atoms with Crippen molar-refractivity contribution in [2.45, 2.75) is 6.92 Å². The van der Waals surface area contributed by atoms with Gasteiger partial charge in [0.15, 0.2) is 0 Å². The Morgan fingerprint density at radius 1 is 1.11 bits per heavy atom. The van der Waals surface area contributed by atoms with Crippen molar-refractivity contribution in [3.05, 3.63) is 42.9 Å². The van der Waals surface area contributed by atoms with Gasteiger partial charge in [0.2, 0.25) is 0 Å². The molecule has 28 heavy (non-hydrogen) atoms. The molecule has 144 valence electrons. The smallest absolute Gasteiger partial charge is 0.409 e. The van der Waals surface area contributed by atoms with Crippen molar-refractivity contribution < 1.29 is 14.3 Å². The SMILES string of the molecule is CCOC(=O)N1CCN(C(=O)Nc2cc3ccncc3c3ncccc23)CC1. The maximum Gasteiger partial charge on any atom is 0.409 e. The van der Waals surface area contributed by atoms with Crippen molar-refractivity contribution >= 4 is 39.5 Å². The molecule has 4 rings (SSSR count). The maximum absolute atomic E-state index is 12.8. The van der Waals surface area contributed by atoms with E-state index in [0.717, 1.165) is 21.7 Å². The highest BCUT2D eigenvalue weighted by atomic mass is 16.6. The fourth-order valence-electron chi connectivity index (χ4n) is 3.40. The normalized spacial score (nSPS) is 14.3. The first-order chi connectivity index (χ1) is 13.7. The first kappa shape index (κ1) is 18.0. The highest BCUT2D eigenvalue weighted by Crippen LogP contribution is 2.30. The number of amides is 3. The van der Waals surface area contributed by atoms with E-state index in [9.17, 15) is 9.59 Å². The minimum Gasteiger partial charge on any atom is -0.450 e. The van der Waals surface area contributed by atoms with Gasteiger partial charge in [-0.25, -0.2) is 9.59 Å². The molecule has 1 aliphatic heterocycles. The first-order valence-corrected chi connectivity index (χ1v) is 9.26. The zero-order valence-corrected chi connectivity index (χ0v) is 15.6. The van der Waals surface area contributed by atoms with E-state index in [1.54, 1.807) is 35.3 Å². The number of urea groups is 1. The average molecular weight is 379 g/mol. The predicted molar refractivity (Wildman–Crippen MR) is 106 cm³/mol. The van der Waals surface area contributed by atoms with Crippen LogP contribution in [0.15, 0.2) is 42.9 Å². The largest absolute Gasteiger partial charge is 0.450 e. The van der Waals surface area contributed by atoms with E-state index in [4.69, 9.17) is 4.74 Å². The third-order valence-corrected chi connectivity index (χ3v) is 4.84. The van der Waals surface area contributed by atoms with Gasteiger partial charge < -0.3 is 19.9 Å². The number of hydrogen-bond donors (Lipinski definition) is 1. The van der Waals surface area contributed by atoms with E-state index in [1.807, 2.05) is 24.3 Å². The number of carbonyl (C=O) groups is 2. The first-order valence-electron chi connectivity index (χ1n) is 9.26. The molecule has 0 saturated carbocycles. The number of aromatic nitrogens is 2. The summed E-state index contributed by atoms with van der Waals surface area (Å²) in [7, 11) is 0. The number of nitrogens with one attached hydrogen (secondary N) is 1. The van der Waals surface area contributed by atoms with Crippen molar-refractivity contribution in [1.29, 1.82) is 0 Å². The van der Waals surface area contributed by atoms with Crippen LogP contribution in [-0.2, 0) is 4.74 Å². The van der Waals surface area contributed by atoms with Gasteiger partial charge in [-0.3, -0.25) is 9.97 Å². The van der Waals surface area contributed by atoms with Crippen molar-refractivity contribution in [3.63, 3.8) is 0 Å². The molecule has 0 spiro atoms. The zero-order valence-electron chi connectivity index (χ0n) is 15.6. The molecule has 0 aliphatic carbocycles. The lowest BCUT2D eigenvalue weighted by Gasteiger charge is -2.34. The summed E-state index contributed by atoms with van der Waals surface area (Å²) in [6, 6.07) is 7.42. The van der Waals surface area contributed by atoms with E-state index in [2.05, 4.69) is 15.3 Å². The highest BCUT2D eigenvalue weighted by Gasteiger charge is 2.25. The number of pyridine rings is 2. The molecule has 1 fully saturated rings. The van der Waals surface area contributed by atoms with Gasteiger partial charge in [-0.05, 0) is 36.6 Å². The summed E-state index contributed by atoms with van der Waals surface area (Å²) < 4.78 is 5.02. The molecule has 0 atom stereocenters. The van der Waals surface area contributed by atoms with E-state index in [0.29, 0.717) is 38.5 Å². The summed E-state index contributed by atoms with van der Waals surface area (Å²) in [5.74, 6) is 0. The molecule has 8 heteroatoms. The summed E-state index contributed by atoms with van der Waals surface area (Å²) in [6.07, 6.45) is 4.90. The second kappa shape index (κ2) is 7.67. The number of piperazine rings is 1. The van der Waals surface area contributed by atoms with Crippen LogP contribution >= 0.6 is 0 Å². The summed E-state index contributed by atoms with van der Waals surface area (Å²) in [6.45, 7) is 3.95. The molecular weight excluding hydrogens is 358 g/mol. The Kier molecular flexibility index (Phi) is 4.92. The van der Waals surface area contributed by atoms with Crippen LogP contribution in [0.2, 0.25) is 0 Å². The van der Waals surface area contributed by atoms with Crippen LogP contribution in [0.1, 0.15) is 6.92 Å². The number of nitrogens with zero attached hydrogens (tertiary/aromatic N) is 4. The number of benzene rings is 1. The maximum atomic E-state index is 12.8. The Morgan fingerprint density at radius 3 is 2.68 bits per heavy atom. The Morgan fingerprint density at radius 2 is 1.89 bits per heavy atom. The van der Waals surface area contributed by atoms with E-state index in [1.165, 1.54) is 0 Å². The summed E-state index contributed by atoms with van der Waals surface area (Å²) >= 11 is 0. The van der Waals surface area contributed by atoms with Gasteiger partial charge in [-0.2, -0.15) is 0 Å². The molecule has 2 aromatic heterocycles. The number of rotatable bonds is 2. The van der Waals surface area contributed by atoms with Gasteiger partial charge in [-0.1, -0.05) is 0 Å².